The molecule has 0 aliphatic carbocycles. The molecule has 1 N–H and O–H groups in total. The lowest BCUT2D eigenvalue weighted by atomic mass is 10.00. The Morgan fingerprint density at radius 3 is 2.52 bits per heavy atom. The van der Waals surface area contributed by atoms with Gasteiger partial charge in [-0.1, -0.05) is 36.4 Å². The van der Waals surface area contributed by atoms with Gasteiger partial charge in [-0.05, 0) is 48.9 Å². The molecular weight excluding hydrogens is 390 g/mol. The van der Waals surface area contributed by atoms with E-state index in [4.69, 9.17) is 9.15 Å². The Hall–Kier alpha value is -3.93. The van der Waals surface area contributed by atoms with Gasteiger partial charge in [-0.15, -0.1) is 10.2 Å². The van der Waals surface area contributed by atoms with Crippen LogP contribution in [-0.4, -0.2) is 22.7 Å². The van der Waals surface area contributed by atoms with Gasteiger partial charge in [0, 0.05) is 28.7 Å². The molecule has 1 aromatic heterocycles. The van der Waals surface area contributed by atoms with Gasteiger partial charge in [0.2, 0.25) is 11.8 Å². The lowest BCUT2D eigenvalue weighted by Crippen LogP contribution is -2.32. The van der Waals surface area contributed by atoms with Crippen LogP contribution >= 0.6 is 0 Å². The van der Waals surface area contributed by atoms with Gasteiger partial charge in [-0.25, -0.2) is 0 Å². The number of aromatic nitrogens is 2. The summed E-state index contributed by atoms with van der Waals surface area (Å²) >= 11 is 0. The number of hydrogen-bond donors (Lipinski definition) is 1. The summed E-state index contributed by atoms with van der Waals surface area (Å²) in [5.41, 5.74) is 4.33. The van der Waals surface area contributed by atoms with Crippen molar-refractivity contribution in [2.24, 2.45) is 0 Å². The highest BCUT2D eigenvalue weighted by Crippen LogP contribution is 2.32. The number of fused-ring (bicyclic) bond motifs is 1. The Morgan fingerprint density at radius 2 is 1.68 bits per heavy atom. The fraction of sp³-hybridized carbons (Fsp3) is 0.160. The quantitative estimate of drug-likeness (QED) is 0.513. The third-order valence-electron chi connectivity index (χ3n) is 5.46. The van der Waals surface area contributed by atoms with E-state index < -0.39 is 0 Å². The maximum absolute atomic E-state index is 12.8. The molecule has 0 saturated heterocycles. The van der Waals surface area contributed by atoms with Gasteiger partial charge in [0.25, 0.3) is 5.91 Å². The normalized spacial score (nSPS) is 15.1. The zero-order valence-corrected chi connectivity index (χ0v) is 17.0. The molecule has 0 bridgehead atoms. The summed E-state index contributed by atoms with van der Waals surface area (Å²) in [4.78, 5) is 12.8. The molecule has 2 heterocycles. The van der Waals surface area contributed by atoms with Crippen molar-refractivity contribution < 1.29 is 13.9 Å². The highest BCUT2D eigenvalue weighted by Gasteiger charge is 2.23. The molecule has 6 heteroatoms. The maximum Gasteiger partial charge on any atom is 0.251 e. The molecule has 6 nitrogen and oxygen atoms in total. The van der Waals surface area contributed by atoms with E-state index >= 15 is 0 Å². The van der Waals surface area contributed by atoms with Crippen LogP contribution in [0.5, 0.6) is 5.75 Å². The topological polar surface area (TPSA) is 77.2 Å². The van der Waals surface area contributed by atoms with Crippen molar-refractivity contribution in [1.82, 2.24) is 15.5 Å². The molecule has 3 aromatic carbocycles. The van der Waals surface area contributed by atoms with Gasteiger partial charge in [0.1, 0.15) is 5.75 Å². The molecule has 1 amide bonds. The third-order valence-corrected chi connectivity index (χ3v) is 5.46. The van der Waals surface area contributed by atoms with Gasteiger partial charge >= 0.3 is 0 Å². The van der Waals surface area contributed by atoms with Crippen LogP contribution in [0.2, 0.25) is 0 Å². The number of rotatable bonds is 4. The van der Waals surface area contributed by atoms with Crippen molar-refractivity contribution in [3.63, 3.8) is 0 Å². The molecule has 5 rings (SSSR count). The SMILES string of the molecule is Cc1ccccc1-c1nnc(-c2ccc(C(=O)NC3CCOc4ccccc43)cc2)o1. The van der Waals surface area contributed by atoms with E-state index in [1.54, 1.807) is 12.1 Å². The van der Waals surface area contributed by atoms with E-state index in [9.17, 15) is 4.79 Å². The minimum atomic E-state index is -0.126. The number of carbonyl (C=O) groups excluding carboxylic acids is 1. The first-order chi connectivity index (χ1) is 15.2. The molecule has 0 radical (unpaired) electrons. The number of benzene rings is 3. The Labute approximate surface area is 179 Å². The van der Waals surface area contributed by atoms with Crippen molar-refractivity contribution in [2.45, 2.75) is 19.4 Å². The number of nitrogens with one attached hydrogen (secondary N) is 1. The number of para-hydroxylation sites is 1. The molecule has 0 fully saturated rings. The maximum atomic E-state index is 12.8. The summed E-state index contributed by atoms with van der Waals surface area (Å²) < 4.78 is 11.5. The van der Waals surface area contributed by atoms with Crippen LogP contribution in [0.25, 0.3) is 22.9 Å². The first kappa shape index (κ1) is 19.1. The summed E-state index contributed by atoms with van der Waals surface area (Å²) in [7, 11) is 0. The molecule has 0 spiro atoms. The van der Waals surface area contributed by atoms with Crippen LogP contribution in [0, 0.1) is 6.92 Å². The highest BCUT2D eigenvalue weighted by atomic mass is 16.5. The smallest absolute Gasteiger partial charge is 0.251 e. The average Bonchev–Trinajstić information content (AvgIpc) is 3.30. The van der Waals surface area contributed by atoms with Crippen LogP contribution < -0.4 is 10.1 Å². The molecule has 1 atom stereocenters. The van der Waals surface area contributed by atoms with Gasteiger partial charge in [0.15, 0.2) is 0 Å². The monoisotopic (exact) mass is 411 g/mol. The van der Waals surface area contributed by atoms with Crippen LogP contribution in [0.15, 0.2) is 77.2 Å². The fourth-order valence-corrected chi connectivity index (χ4v) is 3.76. The van der Waals surface area contributed by atoms with Gasteiger partial charge < -0.3 is 14.5 Å². The summed E-state index contributed by atoms with van der Waals surface area (Å²) in [5, 5.41) is 11.5. The lowest BCUT2D eigenvalue weighted by Gasteiger charge is -2.26. The fourth-order valence-electron chi connectivity index (χ4n) is 3.76. The molecule has 1 aliphatic rings. The molecule has 0 saturated carbocycles. The van der Waals surface area contributed by atoms with E-state index in [1.807, 2.05) is 67.6 Å². The Bertz CT molecular complexity index is 1230. The lowest BCUT2D eigenvalue weighted by molar-refractivity contribution is 0.0925. The van der Waals surface area contributed by atoms with Gasteiger partial charge in [-0.2, -0.15) is 0 Å². The zero-order chi connectivity index (χ0) is 21.2. The average molecular weight is 411 g/mol. The van der Waals surface area contributed by atoms with Crippen molar-refractivity contribution >= 4 is 5.91 Å². The Balaban J connectivity index is 1.32. The van der Waals surface area contributed by atoms with Gasteiger partial charge in [-0.3, -0.25) is 4.79 Å². The molecule has 1 aliphatic heterocycles. The Morgan fingerprint density at radius 1 is 0.935 bits per heavy atom. The first-order valence-electron chi connectivity index (χ1n) is 10.2. The first-order valence-corrected chi connectivity index (χ1v) is 10.2. The number of carbonyl (C=O) groups is 1. The largest absolute Gasteiger partial charge is 0.493 e. The van der Waals surface area contributed by atoms with E-state index in [1.165, 1.54) is 0 Å². The van der Waals surface area contributed by atoms with Crippen LogP contribution in [-0.2, 0) is 0 Å². The molecular formula is C25H21N3O3. The van der Waals surface area contributed by atoms with Crippen molar-refractivity contribution in [1.29, 1.82) is 0 Å². The molecule has 31 heavy (non-hydrogen) atoms. The summed E-state index contributed by atoms with van der Waals surface area (Å²) in [5.74, 6) is 1.60. The van der Waals surface area contributed by atoms with Crippen LogP contribution in [0.3, 0.4) is 0 Å². The summed E-state index contributed by atoms with van der Waals surface area (Å²) in [6.45, 7) is 2.59. The summed E-state index contributed by atoms with van der Waals surface area (Å²) in [6, 6.07) is 22.8. The van der Waals surface area contributed by atoms with Crippen molar-refractivity contribution in [3.05, 3.63) is 89.5 Å². The molecule has 154 valence electrons. The Kier molecular flexibility index (Phi) is 4.96. The third kappa shape index (κ3) is 3.80. The predicted octanol–water partition coefficient (Wildman–Crippen LogP) is 4.97. The minimum Gasteiger partial charge on any atom is -0.493 e. The minimum absolute atomic E-state index is 0.0651. The zero-order valence-electron chi connectivity index (χ0n) is 17.0. The van der Waals surface area contributed by atoms with E-state index in [2.05, 4.69) is 15.5 Å². The second kappa shape index (κ2) is 8.07. The highest BCUT2D eigenvalue weighted by molar-refractivity contribution is 5.94. The molecule has 1 unspecified atom stereocenters. The predicted molar refractivity (Wildman–Crippen MR) is 117 cm³/mol. The summed E-state index contributed by atoms with van der Waals surface area (Å²) in [6.07, 6.45) is 0.741. The van der Waals surface area contributed by atoms with Crippen molar-refractivity contribution in [2.75, 3.05) is 6.61 Å². The number of nitrogens with zero attached hydrogens (tertiary/aromatic N) is 2. The van der Waals surface area contributed by atoms with Gasteiger partial charge in [0.05, 0.1) is 12.6 Å². The number of amides is 1. The number of hydrogen-bond acceptors (Lipinski definition) is 5. The van der Waals surface area contributed by atoms with E-state index in [-0.39, 0.29) is 11.9 Å². The van der Waals surface area contributed by atoms with E-state index in [0.717, 1.165) is 34.4 Å². The van der Waals surface area contributed by atoms with Crippen LogP contribution in [0.1, 0.15) is 33.9 Å². The number of aryl methyl sites for hydroxylation is 1. The van der Waals surface area contributed by atoms with Crippen molar-refractivity contribution in [3.8, 4) is 28.7 Å². The van der Waals surface area contributed by atoms with Crippen LogP contribution in [0.4, 0.5) is 0 Å². The number of ether oxygens (including phenoxy) is 1. The van der Waals surface area contributed by atoms with E-state index in [0.29, 0.717) is 24.0 Å². The standard InChI is InChI=1S/C25H21N3O3/c1-16-6-2-3-7-19(16)25-28-27-24(31-25)18-12-10-17(11-13-18)23(29)26-21-14-15-30-22-9-5-4-8-20(21)22/h2-13,21H,14-15H2,1H3,(H,26,29). The molecule has 4 aromatic rings. The second-order valence-electron chi connectivity index (χ2n) is 7.51. The second-order valence-corrected chi connectivity index (χ2v) is 7.51.